The SMILES string of the molecule is CC1(C)C(=O)NC(=O)N1CCN1CCCC1. The van der Waals surface area contributed by atoms with Crippen LogP contribution >= 0.6 is 0 Å². The lowest BCUT2D eigenvalue weighted by Crippen LogP contribution is -2.47. The number of likely N-dealkylation sites (tertiary alicyclic amines) is 1. The van der Waals surface area contributed by atoms with E-state index < -0.39 is 5.54 Å². The van der Waals surface area contributed by atoms with Crippen LogP contribution in [-0.4, -0.2) is 53.5 Å². The summed E-state index contributed by atoms with van der Waals surface area (Å²) < 4.78 is 0. The standard InChI is InChI=1S/C11H19N3O2/c1-11(2)9(15)12-10(16)14(11)8-7-13-5-3-4-6-13/h3-8H2,1-2H3,(H,12,15,16). The molecule has 0 aromatic carbocycles. The number of nitrogens with one attached hydrogen (secondary N) is 1. The number of amides is 3. The second-order valence-corrected chi connectivity index (χ2v) is 5.02. The van der Waals surface area contributed by atoms with Gasteiger partial charge in [0.2, 0.25) is 0 Å². The van der Waals surface area contributed by atoms with Crippen molar-refractivity contribution < 1.29 is 9.59 Å². The van der Waals surface area contributed by atoms with E-state index in [1.807, 2.05) is 0 Å². The van der Waals surface area contributed by atoms with Crippen molar-refractivity contribution in [2.45, 2.75) is 32.2 Å². The zero-order chi connectivity index (χ0) is 11.8. The Labute approximate surface area is 95.8 Å². The van der Waals surface area contributed by atoms with Crippen molar-refractivity contribution >= 4 is 11.9 Å². The molecule has 2 rings (SSSR count). The van der Waals surface area contributed by atoms with Crippen molar-refractivity contribution in [1.29, 1.82) is 0 Å². The molecule has 0 bridgehead atoms. The van der Waals surface area contributed by atoms with Crippen LogP contribution in [0.2, 0.25) is 0 Å². The van der Waals surface area contributed by atoms with Gasteiger partial charge in [0.1, 0.15) is 5.54 Å². The van der Waals surface area contributed by atoms with E-state index in [1.54, 1.807) is 18.7 Å². The molecule has 3 amide bonds. The summed E-state index contributed by atoms with van der Waals surface area (Å²) in [4.78, 5) is 27.1. The average Bonchev–Trinajstić information content (AvgIpc) is 2.75. The van der Waals surface area contributed by atoms with Gasteiger partial charge in [-0.1, -0.05) is 0 Å². The van der Waals surface area contributed by atoms with Crippen LogP contribution < -0.4 is 5.32 Å². The van der Waals surface area contributed by atoms with Gasteiger partial charge in [-0.2, -0.15) is 0 Å². The second kappa shape index (κ2) is 4.05. The maximum absolute atomic E-state index is 11.6. The Morgan fingerprint density at radius 2 is 1.81 bits per heavy atom. The van der Waals surface area contributed by atoms with E-state index in [1.165, 1.54) is 12.8 Å². The fourth-order valence-corrected chi connectivity index (χ4v) is 2.32. The minimum absolute atomic E-state index is 0.195. The predicted molar refractivity (Wildman–Crippen MR) is 60.0 cm³/mol. The highest BCUT2D eigenvalue weighted by Crippen LogP contribution is 2.20. The number of imide groups is 1. The second-order valence-electron chi connectivity index (χ2n) is 5.02. The summed E-state index contributed by atoms with van der Waals surface area (Å²) in [5, 5.41) is 2.36. The molecule has 0 spiro atoms. The number of carbonyl (C=O) groups is 2. The van der Waals surface area contributed by atoms with E-state index in [2.05, 4.69) is 10.2 Å². The molecule has 2 fully saturated rings. The van der Waals surface area contributed by atoms with Crippen LogP contribution in [0.1, 0.15) is 26.7 Å². The van der Waals surface area contributed by atoms with Gasteiger partial charge in [0.25, 0.3) is 5.91 Å². The third-order valence-electron chi connectivity index (χ3n) is 3.53. The Balaban J connectivity index is 1.92. The van der Waals surface area contributed by atoms with Gasteiger partial charge in [-0.25, -0.2) is 4.79 Å². The minimum atomic E-state index is -0.698. The topological polar surface area (TPSA) is 52.7 Å². The van der Waals surface area contributed by atoms with Crippen LogP contribution in [0, 0.1) is 0 Å². The van der Waals surface area contributed by atoms with Gasteiger partial charge in [0, 0.05) is 13.1 Å². The van der Waals surface area contributed by atoms with Gasteiger partial charge in [0.05, 0.1) is 0 Å². The summed E-state index contributed by atoms with van der Waals surface area (Å²) in [7, 11) is 0. The molecule has 0 aromatic heterocycles. The number of carbonyl (C=O) groups excluding carboxylic acids is 2. The molecule has 0 aliphatic carbocycles. The number of rotatable bonds is 3. The summed E-state index contributed by atoms with van der Waals surface area (Å²) in [6.45, 7) is 7.30. The molecular formula is C11H19N3O2. The lowest BCUT2D eigenvalue weighted by molar-refractivity contribution is -0.125. The van der Waals surface area contributed by atoms with Crippen LogP contribution in [0.4, 0.5) is 4.79 Å². The molecule has 0 atom stereocenters. The van der Waals surface area contributed by atoms with Gasteiger partial charge in [0.15, 0.2) is 0 Å². The van der Waals surface area contributed by atoms with Crippen molar-refractivity contribution in [2.75, 3.05) is 26.2 Å². The van der Waals surface area contributed by atoms with E-state index in [4.69, 9.17) is 0 Å². The van der Waals surface area contributed by atoms with Crippen molar-refractivity contribution in [3.05, 3.63) is 0 Å². The lowest BCUT2D eigenvalue weighted by Gasteiger charge is -2.29. The van der Waals surface area contributed by atoms with E-state index in [0.29, 0.717) is 6.54 Å². The van der Waals surface area contributed by atoms with Crippen LogP contribution in [0.25, 0.3) is 0 Å². The molecule has 5 heteroatoms. The summed E-state index contributed by atoms with van der Waals surface area (Å²) in [5.41, 5.74) is -0.698. The minimum Gasteiger partial charge on any atom is -0.309 e. The lowest BCUT2D eigenvalue weighted by atomic mass is 10.0. The third kappa shape index (κ3) is 1.91. The maximum atomic E-state index is 11.6. The number of hydrogen-bond acceptors (Lipinski definition) is 3. The van der Waals surface area contributed by atoms with Gasteiger partial charge < -0.3 is 9.80 Å². The first-order valence-corrected chi connectivity index (χ1v) is 5.87. The number of hydrogen-bond donors (Lipinski definition) is 1. The van der Waals surface area contributed by atoms with E-state index >= 15 is 0 Å². The van der Waals surface area contributed by atoms with Crippen LogP contribution in [0.15, 0.2) is 0 Å². The van der Waals surface area contributed by atoms with Gasteiger partial charge >= 0.3 is 6.03 Å². The zero-order valence-corrected chi connectivity index (χ0v) is 9.95. The number of nitrogens with zero attached hydrogens (tertiary/aromatic N) is 2. The summed E-state index contributed by atoms with van der Waals surface area (Å²) in [6.07, 6.45) is 2.49. The van der Waals surface area contributed by atoms with Gasteiger partial charge in [-0.05, 0) is 39.8 Å². The molecule has 16 heavy (non-hydrogen) atoms. The molecule has 1 N–H and O–H groups in total. The molecule has 0 saturated carbocycles. The fraction of sp³-hybridized carbons (Fsp3) is 0.818. The van der Waals surface area contributed by atoms with E-state index in [-0.39, 0.29) is 11.9 Å². The van der Waals surface area contributed by atoms with Gasteiger partial charge in [-0.3, -0.25) is 10.1 Å². The van der Waals surface area contributed by atoms with Crippen molar-refractivity contribution in [1.82, 2.24) is 15.1 Å². The summed E-state index contributed by atoms with van der Waals surface area (Å²) in [5.74, 6) is -0.195. The van der Waals surface area contributed by atoms with E-state index in [0.717, 1.165) is 19.6 Å². The largest absolute Gasteiger partial charge is 0.325 e. The Morgan fingerprint density at radius 1 is 1.19 bits per heavy atom. The molecule has 2 aliphatic rings. The van der Waals surface area contributed by atoms with Crippen molar-refractivity contribution in [3.8, 4) is 0 Å². The Bertz CT molecular complexity index is 308. The van der Waals surface area contributed by atoms with Crippen LogP contribution in [0.3, 0.4) is 0 Å². The highest BCUT2D eigenvalue weighted by molar-refractivity contribution is 6.06. The summed E-state index contributed by atoms with van der Waals surface area (Å²) in [6, 6.07) is -0.255. The maximum Gasteiger partial charge on any atom is 0.325 e. The molecule has 2 saturated heterocycles. The van der Waals surface area contributed by atoms with Crippen LogP contribution in [0.5, 0.6) is 0 Å². The zero-order valence-electron chi connectivity index (χ0n) is 9.95. The molecule has 0 radical (unpaired) electrons. The Kier molecular flexibility index (Phi) is 2.88. The summed E-state index contributed by atoms with van der Waals surface area (Å²) >= 11 is 0. The highest BCUT2D eigenvalue weighted by atomic mass is 16.2. The predicted octanol–water partition coefficient (Wildman–Crippen LogP) is 0.413. The van der Waals surface area contributed by atoms with Gasteiger partial charge in [-0.15, -0.1) is 0 Å². The number of urea groups is 1. The molecule has 2 heterocycles. The quantitative estimate of drug-likeness (QED) is 0.708. The monoisotopic (exact) mass is 225 g/mol. The fourth-order valence-electron chi connectivity index (χ4n) is 2.32. The highest BCUT2D eigenvalue weighted by Gasteiger charge is 2.45. The molecule has 2 aliphatic heterocycles. The first-order chi connectivity index (χ1) is 7.51. The van der Waals surface area contributed by atoms with Crippen molar-refractivity contribution in [2.24, 2.45) is 0 Å². The Morgan fingerprint density at radius 3 is 2.31 bits per heavy atom. The molecule has 0 aromatic rings. The normalized spacial score (nSPS) is 25.2. The molecule has 0 unspecified atom stereocenters. The van der Waals surface area contributed by atoms with E-state index in [9.17, 15) is 9.59 Å². The molecule has 90 valence electrons. The molecule has 5 nitrogen and oxygen atoms in total. The first-order valence-electron chi connectivity index (χ1n) is 5.87. The molecular weight excluding hydrogens is 206 g/mol. The first kappa shape index (κ1) is 11.4. The Hall–Kier alpha value is -1.10. The third-order valence-corrected chi connectivity index (χ3v) is 3.53. The van der Waals surface area contributed by atoms with Crippen molar-refractivity contribution in [3.63, 3.8) is 0 Å². The smallest absolute Gasteiger partial charge is 0.309 e. The van der Waals surface area contributed by atoms with Crippen LogP contribution in [-0.2, 0) is 4.79 Å². The average molecular weight is 225 g/mol.